The number of nitrogens with one attached hydrogen (secondary N) is 1. The average Bonchev–Trinajstić information content (AvgIpc) is 3.18. The lowest BCUT2D eigenvalue weighted by Gasteiger charge is -2.26. The van der Waals surface area contributed by atoms with Gasteiger partial charge in [0.1, 0.15) is 0 Å². The molecule has 1 N–H and O–H groups in total. The number of likely N-dealkylation sites (N-methyl/N-ethyl adjacent to an activating group) is 1. The molecule has 1 atom stereocenters. The lowest BCUT2D eigenvalue weighted by molar-refractivity contribution is -0.134. The Labute approximate surface area is 163 Å². The van der Waals surface area contributed by atoms with E-state index < -0.39 is 5.91 Å². The van der Waals surface area contributed by atoms with Crippen LogP contribution < -0.4 is 5.32 Å². The van der Waals surface area contributed by atoms with Crippen LogP contribution in [0.2, 0.25) is 0 Å². The van der Waals surface area contributed by atoms with Crippen LogP contribution in [-0.4, -0.2) is 78.7 Å². The topological polar surface area (TPSA) is 101 Å². The molecule has 1 fully saturated rings. The molecule has 2 aromatic rings. The van der Waals surface area contributed by atoms with Crippen molar-refractivity contribution < 1.29 is 18.8 Å². The van der Waals surface area contributed by atoms with Crippen molar-refractivity contribution in [3.63, 3.8) is 0 Å². The summed E-state index contributed by atoms with van der Waals surface area (Å²) in [5.74, 6) is -0.502. The average molecular weight is 387 g/mol. The Bertz CT molecular complexity index is 787. The Kier molecular flexibility index (Phi) is 6.72. The molecule has 9 heteroatoms. The molecule has 1 aliphatic heterocycles. The van der Waals surface area contributed by atoms with Crippen LogP contribution in [0.1, 0.15) is 28.1 Å². The first-order valence-corrected chi connectivity index (χ1v) is 9.22. The fourth-order valence-electron chi connectivity index (χ4n) is 3.02. The normalized spacial score (nSPS) is 15.5. The first-order chi connectivity index (χ1) is 13.5. The maximum atomic E-state index is 12.4. The molecule has 1 aromatic heterocycles. The number of carbonyl (C=O) groups excluding carboxylic acids is 2. The van der Waals surface area contributed by atoms with Gasteiger partial charge in [-0.25, -0.2) is 0 Å². The van der Waals surface area contributed by atoms with E-state index in [-0.39, 0.29) is 30.1 Å². The first-order valence-electron chi connectivity index (χ1n) is 9.22. The van der Waals surface area contributed by atoms with Crippen molar-refractivity contribution in [1.82, 2.24) is 25.3 Å². The van der Waals surface area contributed by atoms with Crippen molar-refractivity contribution in [2.75, 3.05) is 46.9 Å². The van der Waals surface area contributed by atoms with Crippen LogP contribution in [0.3, 0.4) is 0 Å². The second kappa shape index (κ2) is 9.43. The monoisotopic (exact) mass is 387 g/mol. The molecule has 0 bridgehead atoms. The van der Waals surface area contributed by atoms with Gasteiger partial charge in [0.15, 0.2) is 5.82 Å². The SMILES string of the molecule is CN(C)C(CNC(=O)c1nc(CC(=O)N2CCOCC2)no1)c1ccccc1. The molecule has 3 rings (SSSR count). The summed E-state index contributed by atoms with van der Waals surface area (Å²) in [6, 6.07) is 9.91. The van der Waals surface area contributed by atoms with Crippen LogP contribution in [0, 0.1) is 0 Å². The van der Waals surface area contributed by atoms with Gasteiger partial charge in [0.2, 0.25) is 5.91 Å². The minimum absolute atomic E-state index is 0.00111. The minimum atomic E-state index is -0.458. The zero-order chi connectivity index (χ0) is 19.9. The van der Waals surface area contributed by atoms with E-state index in [9.17, 15) is 9.59 Å². The minimum Gasteiger partial charge on any atom is -0.378 e. The van der Waals surface area contributed by atoms with Gasteiger partial charge in [-0.3, -0.25) is 9.59 Å². The molecule has 1 aromatic carbocycles. The first kappa shape index (κ1) is 20.0. The molecule has 0 saturated carbocycles. The van der Waals surface area contributed by atoms with Crippen molar-refractivity contribution >= 4 is 11.8 Å². The number of benzene rings is 1. The van der Waals surface area contributed by atoms with E-state index in [2.05, 4.69) is 15.5 Å². The number of hydrogen-bond acceptors (Lipinski definition) is 7. The van der Waals surface area contributed by atoms with Gasteiger partial charge in [0, 0.05) is 19.6 Å². The molecular formula is C19H25N5O4. The molecule has 0 radical (unpaired) electrons. The fraction of sp³-hybridized carbons (Fsp3) is 0.474. The van der Waals surface area contributed by atoms with Crippen LogP contribution in [0.4, 0.5) is 0 Å². The smallest absolute Gasteiger partial charge is 0.315 e. The van der Waals surface area contributed by atoms with Gasteiger partial charge in [-0.2, -0.15) is 4.98 Å². The molecule has 150 valence electrons. The fourth-order valence-corrected chi connectivity index (χ4v) is 3.02. The predicted octanol–water partition coefficient (Wildman–Crippen LogP) is 0.504. The summed E-state index contributed by atoms with van der Waals surface area (Å²) in [5, 5.41) is 6.58. The lowest BCUT2D eigenvalue weighted by Crippen LogP contribution is -2.41. The van der Waals surface area contributed by atoms with E-state index in [0.29, 0.717) is 32.8 Å². The molecule has 9 nitrogen and oxygen atoms in total. The summed E-state index contributed by atoms with van der Waals surface area (Å²) in [7, 11) is 3.90. The summed E-state index contributed by atoms with van der Waals surface area (Å²) in [5.41, 5.74) is 1.09. The second-order valence-corrected chi connectivity index (χ2v) is 6.79. The number of hydrogen-bond donors (Lipinski definition) is 1. The summed E-state index contributed by atoms with van der Waals surface area (Å²) < 4.78 is 10.3. The van der Waals surface area contributed by atoms with E-state index in [1.165, 1.54) is 0 Å². The number of carbonyl (C=O) groups is 2. The number of morpholine rings is 1. The zero-order valence-corrected chi connectivity index (χ0v) is 16.1. The maximum absolute atomic E-state index is 12.4. The van der Waals surface area contributed by atoms with Gasteiger partial charge >= 0.3 is 11.8 Å². The van der Waals surface area contributed by atoms with Gasteiger partial charge in [-0.15, -0.1) is 0 Å². The molecule has 2 heterocycles. The van der Waals surface area contributed by atoms with Crippen LogP contribution in [0.5, 0.6) is 0 Å². The summed E-state index contributed by atoms with van der Waals surface area (Å²) in [6.45, 7) is 2.55. The van der Waals surface area contributed by atoms with Crippen LogP contribution in [0.25, 0.3) is 0 Å². The molecule has 2 amide bonds. The third-order valence-electron chi connectivity index (χ3n) is 4.60. The maximum Gasteiger partial charge on any atom is 0.315 e. The van der Waals surface area contributed by atoms with Crippen LogP contribution in [0.15, 0.2) is 34.9 Å². The molecule has 0 spiro atoms. The van der Waals surface area contributed by atoms with Crippen LogP contribution >= 0.6 is 0 Å². The molecular weight excluding hydrogens is 362 g/mol. The summed E-state index contributed by atoms with van der Waals surface area (Å²) in [4.78, 5) is 32.4. The molecule has 1 unspecified atom stereocenters. The summed E-state index contributed by atoms with van der Waals surface area (Å²) in [6.07, 6.45) is 0.00111. The molecule has 1 aliphatic rings. The van der Waals surface area contributed by atoms with Gasteiger partial charge in [0.05, 0.1) is 25.7 Å². The Morgan fingerprint density at radius 1 is 1.21 bits per heavy atom. The van der Waals surface area contributed by atoms with Crippen molar-refractivity contribution in [3.05, 3.63) is 47.6 Å². The number of rotatable bonds is 7. The Morgan fingerprint density at radius 3 is 2.61 bits per heavy atom. The van der Waals surface area contributed by atoms with Crippen LogP contribution in [-0.2, 0) is 16.0 Å². The lowest BCUT2D eigenvalue weighted by atomic mass is 10.1. The van der Waals surface area contributed by atoms with Crippen molar-refractivity contribution in [2.45, 2.75) is 12.5 Å². The van der Waals surface area contributed by atoms with E-state index in [4.69, 9.17) is 9.26 Å². The Hall–Kier alpha value is -2.78. The van der Waals surface area contributed by atoms with E-state index in [1.54, 1.807) is 4.90 Å². The molecule has 0 aliphatic carbocycles. The van der Waals surface area contributed by atoms with E-state index in [1.807, 2.05) is 49.3 Å². The van der Waals surface area contributed by atoms with Gasteiger partial charge < -0.3 is 24.4 Å². The highest BCUT2D eigenvalue weighted by Crippen LogP contribution is 2.16. The Morgan fingerprint density at radius 2 is 1.93 bits per heavy atom. The van der Waals surface area contributed by atoms with E-state index in [0.717, 1.165) is 5.56 Å². The largest absolute Gasteiger partial charge is 0.378 e. The van der Waals surface area contributed by atoms with Crippen molar-refractivity contribution in [1.29, 1.82) is 0 Å². The third kappa shape index (κ3) is 5.14. The molecule has 1 saturated heterocycles. The number of nitrogens with zero attached hydrogens (tertiary/aromatic N) is 4. The number of amides is 2. The predicted molar refractivity (Wildman–Crippen MR) is 101 cm³/mol. The highest BCUT2D eigenvalue weighted by Gasteiger charge is 2.22. The van der Waals surface area contributed by atoms with Crippen molar-refractivity contribution in [3.8, 4) is 0 Å². The quantitative estimate of drug-likeness (QED) is 0.738. The highest BCUT2D eigenvalue weighted by atomic mass is 16.5. The van der Waals surface area contributed by atoms with Crippen molar-refractivity contribution in [2.24, 2.45) is 0 Å². The standard InChI is InChI=1S/C19H25N5O4/c1-23(2)15(14-6-4-3-5-7-14)13-20-18(26)19-21-16(22-28-19)12-17(25)24-8-10-27-11-9-24/h3-7,15H,8-13H2,1-2H3,(H,20,26). The highest BCUT2D eigenvalue weighted by molar-refractivity contribution is 5.89. The Balaban J connectivity index is 1.55. The van der Waals surface area contributed by atoms with Gasteiger partial charge in [0.25, 0.3) is 0 Å². The molecule has 28 heavy (non-hydrogen) atoms. The van der Waals surface area contributed by atoms with Gasteiger partial charge in [-0.05, 0) is 19.7 Å². The summed E-state index contributed by atoms with van der Waals surface area (Å²) >= 11 is 0. The number of ether oxygens (including phenoxy) is 1. The van der Waals surface area contributed by atoms with Gasteiger partial charge in [-0.1, -0.05) is 35.5 Å². The van der Waals surface area contributed by atoms with E-state index >= 15 is 0 Å². The second-order valence-electron chi connectivity index (χ2n) is 6.79. The number of aromatic nitrogens is 2. The third-order valence-corrected chi connectivity index (χ3v) is 4.60. The zero-order valence-electron chi connectivity index (χ0n) is 16.1.